The van der Waals surface area contributed by atoms with Gasteiger partial charge in [-0.15, -0.1) is 0 Å². The third kappa shape index (κ3) is 6.24. The second kappa shape index (κ2) is 11.3. The summed E-state index contributed by atoms with van der Waals surface area (Å²) in [7, 11) is 5.14. The zero-order valence-electron chi connectivity index (χ0n) is 16.8. The van der Waals surface area contributed by atoms with Gasteiger partial charge >= 0.3 is 0 Å². The molecule has 0 saturated heterocycles. The monoisotopic (exact) mass is 391 g/mol. The molecule has 0 atom stereocenters. The largest absolute Gasteiger partial charge is 0.459 e. The Kier molecular flexibility index (Phi) is 8.77. The van der Waals surface area contributed by atoms with Crippen molar-refractivity contribution in [3.05, 3.63) is 48.2 Å². The van der Waals surface area contributed by atoms with E-state index in [-0.39, 0.29) is 24.1 Å². The molecule has 0 radical (unpaired) electrons. The van der Waals surface area contributed by atoms with E-state index in [0.717, 1.165) is 5.69 Å². The van der Waals surface area contributed by atoms with Crippen molar-refractivity contribution in [3.8, 4) is 0 Å². The summed E-state index contributed by atoms with van der Waals surface area (Å²) in [5.74, 6) is -0.230. The smallest absolute Gasteiger partial charge is 0.290 e. The van der Waals surface area contributed by atoms with Crippen molar-refractivity contribution in [1.82, 2.24) is 14.4 Å². The number of aryl methyl sites for hydroxylation is 1. The number of amides is 2. The number of hydrogen-bond acceptors (Lipinski definition) is 5. The van der Waals surface area contributed by atoms with E-state index in [0.29, 0.717) is 39.3 Å². The molecule has 28 heavy (non-hydrogen) atoms. The Balaban J connectivity index is 2.09. The Morgan fingerprint density at radius 1 is 1.07 bits per heavy atom. The minimum Gasteiger partial charge on any atom is -0.459 e. The van der Waals surface area contributed by atoms with E-state index in [1.165, 1.54) is 11.2 Å². The van der Waals surface area contributed by atoms with Gasteiger partial charge in [-0.25, -0.2) is 0 Å². The molecule has 8 heteroatoms. The highest BCUT2D eigenvalue weighted by Gasteiger charge is 2.24. The van der Waals surface area contributed by atoms with Gasteiger partial charge in [0.2, 0.25) is 5.91 Å². The van der Waals surface area contributed by atoms with E-state index in [9.17, 15) is 9.59 Å². The van der Waals surface area contributed by atoms with E-state index in [4.69, 9.17) is 13.9 Å². The van der Waals surface area contributed by atoms with Crippen LogP contribution in [0.4, 0.5) is 0 Å². The molecule has 2 amide bonds. The molecule has 0 spiro atoms. The minimum atomic E-state index is -0.306. The van der Waals surface area contributed by atoms with Crippen molar-refractivity contribution >= 4 is 11.8 Å². The lowest BCUT2D eigenvalue weighted by Gasteiger charge is -2.27. The molecule has 2 aromatic heterocycles. The van der Waals surface area contributed by atoms with Gasteiger partial charge in [0.1, 0.15) is 6.54 Å². The quantitative estimate of drug-likeness (QED) is 0.516. The summed E-state index contributed by atoms with van der Waals surface area (Å²) < 4.78 is 17.4. The first-order chi connectivity index (χ1) is 13.6. The fourth-order valence-corrected chi connectivity index (χ4v) is 2.82. The number of nitrogens with zero attached hydrogens (tertiary/aromatic N) is 3. The van der Waals surface area contributed by atoms with Gasteiger partial charge in [0, 0.05) is 52.9 Å². The number of carbonyl (C=O) groups is 2. The van der Waals surface area contributed by atoms with E-state index in [2.05, 4.69) is 0 Å². The third-order valence-electron chi connectivity index (χ3n) is 4.44. The summed E-state index contributed by atoms with van der Waals surface area (Å²) in [6.45, 7) is 2.20. The van der Waals surface area contributed by atoms with Gasteiger partial charge in [0.05, 0.1) is 19.4 Å². The lowest BCUT2D eigenvalue weighted by molar-refractivity contribution is -0.133. The van der Waals surface area contributed by atoms with Crippen LogP contribution in [0.1, 0.15) is 22.7 Å². The van der Waals surface area contributed by atoms with Gasteiger partial charge in [-0.3, -0.25) is 9.59 Å². The Morgan fingerprint density at radius 2 is 1.86 bits per heavy atom. The van der Waals surface area contributed by atoms with Gasteiger partial charge in [-0.1, -0.05) is 0 Å². The van der Waals surface area contributed by atoms with E-state index >= 15 is 0 Å². The molecule has 2 aromatic rings. The average molecular weight is 391 g/mol. The fraction of sp³-hybridized carbons (Fsp3) is 0.500. The predicted molar refractivity (Wildman–Crippen MR) is 104 cm³/mol. The molecule has 2 rings (SSSR count). The number of methoxy groups -OCH3 is 2. The number of aromatic nitrogens is 1. The molecule has 0 unspecified atom stereocenters. The van der Waals surface area contributed by atoms with Gasteiger partial charge in [-0.05, 0) is 30.7 Å². The van der Waals surface area contributed by atoms with E-state index < -0.39 is 0 Å². The lowest BCUT2D eigenvalue weighted by Crippen LogP contribution is -2.44. The highest BCUT2D eigenvalue weighted by molar-refractivity contribution is 5.94. The molecule has 0 aliphatic rings. The second-order valence-corrected chi connectivity index (χ2v) is 6.47. The summed E-state index contributed by atoms with van der Waals surface area (Å²) in [5, 5.41) is 0. The number of rotatable bonds is 12. The molecule has 0 aromatic carbocycles. The molecule has 8 nitrogen and oxygen atoms in total. The second-order valence-electron chi connectivity index (χ2n) is 6.47. The number of ether oxygens (including phenoxy) is 2. The topological polar surface area (TPSA) is 77.2 Å². The summed E-state index contributed by atoms with van der Waals surface area (Å²) in [5.41, 5.74) is 1.01. The average Bonchev–Trinajstić information content (AvgIpc) is 3.36. The van der Waals surface area contributed by atoms with Crippen molar-refractivity contribution in [2.45, 2.75) is 13.0 Å². The number of hydrogen-bond donors (Lipinski definition) is 0. The Labute approximate surface area is 165 Å². The molecule has 0 fully saturated rings. The van der Waals surface area contributed by atoms with Crippen LogP contribution in [0, 0.1) is 0 Å². The fourth-order valence-electron chi connectivity index (χ4n) is 2.82. The molecule has 0 saturated carbocycles. The summed E-state index contributed by atoms with van der Waals surface area (Å²) >= 11 is 0. The SMILES string of the molecule is COCCCN(CC(=O)N(CCOC)Cc1cccn1C)C(=O)c1ccco1. The van der Waals surface area contributed by atoms with Gasteiger partial charge < -0.3 is 28.3 Å². The van der Waals surface area contributed by atoms with Crippen LogP contribution < -0.4 is 0 Å². The molecular formula is C20H29N3O5. The van der Waals surface area contributed by atoms with E-state index in [1.807, 2.05) is 29.9 Å². The van der Waals surface area contributed by atoms with Crippen LogP contribution in [-0.2, 0) is 27.9 Å². The standard InChI is InChI=1S/C20H29N3O5/c1-21-9-4-7-17(21)15-22(11-14-27-3)19(24)16-23(10-6-12-26-2)20(25)18-8-5-13-28-18/h4-5,7-9,13H,6,10-12,14-16H2,1-3H3. The van der Waals surface area contributed by atoms with Crippen LogP contribution in [-0.4, -0.2) is 73.2 Å². The van der Waals surface area contributed by atoms with Crippen LogP contribution in [0.2, 0.25) is 0 Å². The maximum atomic E-state index is 13.0. The Bertz CT molecular complexity index is 726. The molecule has 0 aliphatic carbocycles. The first-order valence-corrected chi connectivity index (χ1v) is 9.25. The van der Waals surface area contributed by atoms with Crippen molar-refractivity contribution < 1.29 is 23.5 Å². The number of carbonyl (C=O) groups excluding carboxylic acids is 2. The van der Waals surface area contributed by atoms with Gasteiger partial charge in [0.25, 0.3) is 5.91 Å². The molecule has 2 heterocycles. The summed E-state index contributed by atoms with van der Waals surface area (Å²) in [6.07, 6.45) is 4.01. The first kappa shape index (κ1) is 21.7. The van der Waals surface area contributed by atoms with Crippen LogP contribution >= 0.6 is 0 Å². The van der Waals surface area contributed by atoms with Crippen molar-refractivity contribution in [3.63, 3.8) is 0 Å². The minimum absolute atomic E-state index is 0.0304. The van der Waals surface area contributed by atoms with Gasteiger partial charge in [0.15, 0.2) is 5.76 Å². The molecule has 154 valence electrons. The van der Waals surface area contributed by atoms with Crippen LogP contribution in [0.25, 0.3) is 0 Å². The maximum Gasteiger partial charge on any atom is 0.290 e. The van der Waals surface area contributed by atoms with Crippen molar-refractivity contribution in [2.24, 2.45) is 7.05 Å². The van der Waals surface area contributed by atoms with Crippen molar-refractivity contribution in [2.75, 3.05) is 47.1 Å². The Morgan fingerprint density at radius 3 is 2.46 bits per heavy atom. The molecule has 0 N–H and O–H groups in total. The summed E-state index contributed by atoms with van der Waals surface area (Å²) in [4.78, 5) is 29.0. The lowest BCUT2D eigenvalue weighted by atomic mass is 10.3. The highest BCUT2D eigenvalue weighted by Crippen LogP contribution is 2.10. The third-order valence-corrected chi connectivity index (χ3v) is 4.44. The van der Waals surface area contributed by atoms with Crippen LogP contribution in [0.3, 0.4) is 0 Å². The van der Waals surface area contributed by atoms with E-state index in [1.54, 1.807) is 31.3 Å². The summed E-state index contributed by atoms with van der Waals surface area (Å²) in [6, 6.07) is 7.16. The Hall–Kier alpha value is -2.58. The predicted octanol–water partition coefficient (Wildman–Crippen LogP) is 1.77. The number of furan rings is 1. The molecular weight excluding hydrogens is 362 g/mol. The maximum absolute atomic E-state index is 13.0. The van der Waals surface area contributed by atoms with Crippen LogP contribution in [0.15, 0.2) is 41.1 Å². The first-order valence-electron chi connectivity index (χ1n) is 9.25. The van der Waals surface area contributed by atoms with Gasteiger partial charge in [-0.2, -0.15) is 0 Å². The zero-order valence-corrected chi connectivity index (χ0v) is 16.8. The van der Waals surface area contributed by atoms with Crippen molar-refractivity contribution in [1.29, 1.82) is 0 Å². The highest BCUT2D eigenvalue weighted by atomic mass is 16.5. The molecule has 0 aliphatic heterocycles. The zero-order chi connectivity index (χ0) is 20.4. The normalized spacial score (nSPS) is 10.8. The molecule has 0 bridgehead atoms. The van der Waals surface area contributed by atoms with Crippen LogP contribution in [0.5, 0.6) is 0 Å².